The first kappa shape index (κ1) is 20.4. The molecule has 1 heterocycles. The Morgan fingerprint density at radius 1 is 1.21 bits per heavy atom. The lowest BCUT2D eigenvalue weighted by atomic mass is 10.1. The van der Waals surface area contributed by atoms with Crippen LogP contribution < -0.4 is 4.80 Å². The van der Waals surface area contributed by atoms with Gasteiger partial charge >= 0.3 is 5.97 Å². The van der Waals surface area contributed by atoms with E-state index in [9.17, 15) is 14.0 Å². The van der Waals surface area contributed by atoms with E-state index in [-0.39, 0.29) is 0 Å². The lowest BCUT2D eigenvalue weighted by Crippen LogP contribution is -2.19. The molecule has 0 bridgehead atoms. The van der Waals surface area contributed by atoms with Crippen LogP contribution in [0.25, 0.3) is 6.08 Å². The van der Waals surface area contributed by atoms with Crippen LogP contribution in [0.5, 0.6) is 0 Å². The summed E-state index contributed by atoms with van der Waals surface area (Å²) in [5.74, 6) is -1.65. The fourth-order valence-electron chi connectivity index (χ4n) is 2.49. The van der Waals surface area contributed by atoms with Crippen LogP contribution in [0.3, 0.4) is 0 Å². The van der Waals surface area contributed by atoms with Crippen molar-refractivity contribution in [1.29, 1.82) is 0 Å². The summed E-state index contributed by atoms with van der Waals surface area (Å²) in [5.41, 5.74) is 2.79. The molecular formula is C22H19FN2O3S. The molecule has 0 saturated heterocycles. The number of thiazole rings is 1. The summed E-state index contributed by atoms with van der Waals surface area (Å²) in [6.45, 7) is 2.15. The van der Waals surface area contributed by atoms with E-state index in [0.29, 0.717) is 16.9 Å². The van der Waals surface area contributed by atoms with Gasteiger partial charge in [0, 0.05) is 24.2 Å². The number of aryl methyl sites for hydroxylation is 1. The minimum Gasteiger partial charge on any atom is -0.452 e. The van der Waals surface area contributed by atoms with Gasteiger partial charge in [-0.15, -0.1) is 11.3 Å². The van der Waals surface area contributed by atoms with Gasteiger partial charge in [-0.3, -0.25) is 4.79 Å². The SMILES string of the molecule is Cc1ccc(Cn2ccsc2=NC(=O)COC(=O)/C=C/c2cccc(F)c2)cc1. The zero-order valence-electron chi connectivity index (χ0n) is 15.7. The van der Waals surface area contributed by atoms with Gasteiger partial charge < -0.3 is 9.30 Å². The highest BCUT2D eigenvalue weighted by molar-refractivity contribution is 7.07. The molecule has 148 valence electrons. The topological polar surface area (TPSA) is 60.7 Å². The van der Waals surface area contributed by atoms with Gasteiger partial charge in [-0.25, -0.2) is 9.18 Å². The van der Waals surface area contributed by atoms with Crippen molar-refractivity contribution in [2.75, 3.05) is 6.61 Å². The number of hydrogen-bond donors (Lipinski definition) is 0. The Morgan fingerprint density at radius 3 is 2.76 bits per heavy atom. The minimum atomic E-state index is -0.698. The van der Waals surface area contributed by atoms with E-state index in [0.717, 1.165) is 11.6 Å². The smallest absolute Gasteiger partial charge is 0.331 e. The molecule has 0 aliphatic rings. The van der Waals surface area contributed by atoms with Crippen molar-refractivity contribution < 1.29 is 18.7 Å². The maximum absolute atomic E-state index is 13.1. The Balaban J connectivity index is 1.57. The standard InChI is InChI=1S/C22H19FN2O3S/c1-16-5-7-18(8-6-16)14-25-11-12-29-22(25)24-20(26)15-28-21(27)10-9-17-3-2-4-19(23)13-17/h2-13H,14-15H2,1H3/b10-9+,24-22?. The van der Waals surface area contributed by atoms with Crippen molar-refractivity contribution in [2.24, 2.45) is 4.99 Å². The second-order valence-electron chi connectivity index (χ2n) is 6.30. The van der Waals surface area contributed by atoms with E-state index in [1.54, 1.807) is 6.07 Å². The maximum atomic E-state index is 13.1. The van der Waals surface area contributed by atoms with E-state index < -0.39 is 24.3 Å². The van der Waals surface area contributed by atoms with E-state index in [1.165, 1.54) is 41.2 Å². The van der Waals surface area contributed by atoms with Crippen LogP contribution in [0.1, 0.15) is 16.7 Å². The number of esters is 1. The van der Waals surface area contributed by atoms with Crippen molar-refractivity contribution in [1.82, 2.24) is 4.57 Å². The number of benzene rings is 2. The van der Waals surface area contributed by atoms with Gasteiger partial charge in [-0.2, -0.15) is 4.99 Å². The fraction of sp³-hybridized carbons (Fsp3) is 0.136. The number of halogens is 1. The second-order valence-corrected chi connectivity index (χ2v) is 7.17. The van der Waals surface area contributed by atoms with Gasteiger partial charge in [0.15, 0.2) is 11.4 Å². The van der Waals surface area contributed by atoms with Crippen LogP contribution in [-0.2, 0) is 20.9 Å². The van der Waals surface area contributed by atoms with Crippen LogP contribution in [-0.4, -0.2) is 23.1 Å². The summed E-state index contributed by atoms with van der Waals surface area (Å²) in [6, 6.07) is 13.9. The molecule has 0 spiro atoms. The van der Waals surface area contributed by atoms with Crippen molar-refractivity contribution in [3.05, 3.63) is 93.5 Å². The van der Waals surface area contributed by atoms with E-state index >= 15 is 0 Å². The zero-order chi connectivity index (χ0) is 20.6. The summed E-state index contributed by atoms with van der Waals surface area (Å²) in [6.07, 6.45) is 4.41. The highest BCUT2D eigenvalue weighted by Gasteiger charge is 2.06. The van der Waals surface area contributed by atoms with Gasteiger partial charge in [0.25, 0.3) is 5.91 Å². The molecule has 0 radical (unpaired) electrons. The minimum absolute atomic E-state index is 0.399. The number of ether oxygens (including phenoxy) is 1. The molecule has 0 atom stereocenters. The van der Waals surface area contributed by atoms with Gasteiger partial charge in [0.2, 0.25) is 0 Å². The van der Waals surface area contributed by atoms with Crippen molar-refractivity contribution in [2.45, 2.75) is 13.5 Å². The van der Waals surface area contributed by atoms with Crippen molar-refractivity contribution in [3.8, 4) is 0 Å². The summed E-state index contributed by atoms with van der Waals surface area (Å²) < 4.78 is 19.9. The summed E-state index contributed by atoms with van der Waals surface area (Å²) >= 11 is 1.33. The second kappa shape index (κ2) is 9.75. The van der Waals surface area contributed by atoms with Gasteiger partial charge in [0.05, 0.1) is 0 Å². The zero-order valence-corrected chi connectivity index (χ0v) is 16.6. The van der Waals surface area contributed by atoms with E-state index in [2.05, 4.69) is 4.99 Å². The third-order valence-corrected chi connectivity index (χ3v) is 4.75. The molecule has 0 unspecified atom stereocenters. The molecule has 1 aromatic heterocycles. The molecule has 5 nitrogen and oxygen atoms in total. The van der Waals surface area contributed by atoms with Crippen molar-refractivity contribution >= 4 is 29.3 Å². The van der Waals surface area contributed by atoms with E-state index in [1.807, 2.05) is 47.3 Å². The Morgan fingerprint density at radius 2 is 2.00 bits per heavy atom. The average Bonchev–Trinajstić information content (AvgIpc) is 3.13. The number of rotatable bonds is 6. The predicted octanol–water partition coefficient (Wildman–Crippen LogP) is 3.73. The number of amides is 1. The molecule has 3 rings (SSSR count). The highest BCUT2D eigenvalue weighted by atomic mass is 32.1. The van der Waals surface area contributed by atoms with Gasteiger partial charge in [-0.1, -0.05) is 42.0 Å². The molecule has 29 heavy (non-hydrogen) atoms. The molecule has 7 heteroatoms. The van der Waals surface area contributed by atoms with Crippen molar-refractivity contribution in [3.63, 3.8) is 0 Å². The summed E-state index contributed by atoms with van der Waals surface area (Å²) in [4.78, 5) is 28.4. The number of carbonyl (C=O) groups is 2. The highest BCUT2D eigenvalue weighted by Crippen LogP contribution is 2.06. The molecule has 0 fully saturated rings. The van der Waals surface area contributed by atoms with Crippen LogP contribution in [0, 0.1) is 12.7 Å². The number of hydrogen-bond acceptors (Lipinski definition) is 4. The normalized spacial score (nSPS) is 11.7. The third-order valence-electron chi connectivity index (χ3n) is 3.95. The summed E-state index contributed by atoms with van der Waals surface area (Å²) in [5, 5.41) is 1.84. The van der Waals surface area contributed by atoms with Gasteiger partial charge in [0.1, 0.15) is 5.82 Å². The van der Waals surface area contributed by atoms with Crippen LogP contribution in [0.2, 0.25) is 0 Å². The maximum Gasteiger partial charge on any atom is 0.331 e. The Hall–Kier alpha value is -3.32. The molecule has 0 aliphatic carbocycles. The monoisotopic (exact) mass is 410 g/mol. The number of aromatic nitrogens is 1. The molecule has 0 N–H and O–H groups in total. The van der Waals surface area contributed by atoms with Crippen LogP contribution >= 0.6 is 11.3 Å². The molecule has 0 saturated carbocycles. The molecule has 2 aromatic carbocycles. The van der Waals surface area contributed by atoms with Crippen LogP contribution in [0.15, 0.2) is 71.2 Å². The molecule has 1 amide bonds. The Bertz CT molecular complexity index is 1100. The largest absolute Gasteiger partial charge is 0.452 e. The predicted molar refractivity (Wildman–Crippen MR) is 110 cm³/mol. The first-order valence-electron chi connectivity index (χ1n) is 8.87. The third kappa shape index (κ3) is 6.36. The number of carbonyl (C=O) groups excluding carboxylic acids is 2. The lowest BCUT2D eigenvalue weighted by molar-refractivity contribution is -0.142. The molecule has 0 aliphatic heterocycles. The summed E-state index contributed by atoms with van der Waals surface area (Å²) in [7, 11) is 0. The first-order chi connectivity index (χ1) is 14.0. The quantitative estimate of drug-likeness (QED) is 0.460. The van der Waals surface area contributed by atoms with Crippen LogP contribution in [0.4, 0.5) is 4.39 Å². The Labute approximate surface area is 171 Å². The molecule has 3 aromatic rings. The Kier molecular flexibility index (Phi) is 6.86. The first-order valence-corrected chi connectivity index (χ1v) is 9.75. The van der Waals surface area contributed by atoms with Gasteiger partial charge in [-0.05, 0) is 36.3 Å². The number of nitrogens with zero attached hydrogens (tertiary/aromatic N) is 2. The lowest BCUT2D eigenvalue weighted by Gasteiger charge is -2.04. The molecular weight excluding hydrogens is 391 g/mol. The fourth-order valence-corrected chi connectivity index (χ4v) is 3.24. The average molecular weight is 410 g/mol. The van der Waals surface area contributed by atoms with E-state index in [4.69, 9.17) is 4.74 Å².